The molecule has 6 heteroatoms. The first-order valence-electron chi connectivity index (χ1n) is 11.9. The molecule has 0 bridgehead atoms. The molecule has 0 aromatic heterocycles. The number of rotatable bonds is 6. The Morgan fingerprint density at radius 2 is 1.76 bits per heavy atom. The van der Waals surface area contributed by atoms with Crippen molar-refractivity contribution in [2.75, 3.05) is 20.1 Å². The van der Waals surface area contributed by atoms with Gasteiger partial charge in [-0.1, -0.05) is 44.9 Å². The summed E-state index contributed by atoms with van der Waals surface area (Å²) in [6, 6.07) is 0. The number of carbonyl (C=O) groups is 2. The van der Waals surface area contributed by atoms with Crippen molar-refractivity contribution in [1.82, 2.24) is 15.1 Å². The van der Waals surface area contributed by atoms with Crippen LogP contribution in [-0.2, 0) is 9.59 Å². The topological polar surface area (TPSA) is 76.5 Å². The Hall–Kier alpha value is -1.59. The average molecular weight is 403 g/mol. The molecular formula is C23H38N4O2. The lowest BCUT2D eigenvalue weighted by Crippen LogP contribution is -2.49. The largest absolute Gasteiger partial charge is 0.342 e. The first-order chi connectivity index (χ1) is 14.0. The maximum Gasteiger partial charge on any atom is 0.254 e. The Balaban J connectivity index is 1.39. The van der Waals surface area contributed by atoms with Gasteiger partial charge in [0.15, 0.2) is 5.96 Å². The first-order valence-corrected chi connectivity index (χ1v) is 11.9. The van der Waals surface area contributed by atoms with E-state index < -0.39 is 5.54 Å². The molecule has 2 amide bonds. The molecule has 0 unspecified atom stereocenters. The molecule has 2 heterocycles. The molecule has 162 valence electrons. The third-order valence-corrected chi connectivity index (χ3v) is 8.05. The predicted molar refractivity (Wildman–Crippen MR) is 113 cm³/mol. The van der Waals surface area contributed by atoms with E-state index in [4.69, 9.17) is 5.41 Å². The van der Waals surface area contributed by atoms with Crippen LogP contribution in [0.5, 0.6) is 0 Å². The monoisotopic (exact) mass is 402 g/mol. The van der Waals surface area contributed by atoms with Crippen molar-refractivity contribution in [2.45, 2.75) is 89.0 Å². The van der Waals surface area contributed by atoms with Crippen molar-refractivity contribution in [3.8, 4) is 0 Å². The van der Waals surface area contributed by atoms with E-state index in [0.717, 1.165) is 57.5 Å². The van der Waals surface area contributed by atoms with Crippen LogP contribution in [0.4, 0.5) is 0 Å². The lowest BCUT2D eigenvalue weighted by molar-refractivity contribution is -0.134. The number of nitrogens with zero attached hydrogens (tertiary/aromatic N) is 2. The van der Waals surface area contributed by atoms with Crippen molar-refractivity contribution in [1.29, 1.82) is 5.41 Å². The third kappa shape index (κ3) is 4.31. The quantitative estimate of drug-likeness (QED) is 0.714. The van der Waals surface area contributed by atoms with Crippen LogP contribution in [0.3, 0.4) is 0 Å². The van der Waals surface area contributed by atoms with E-state index in [1.165, 1.54) is 49.8 Å². The molecular weight excluding hydrogens is 364 g/mol. The van der Waals surface area contributed by atoms with Gasteiger partial charge in [0.1, 0.15) is 5.54 Å². The van der Waals surface area contributed by atoms with Gasteiger partial charge in [-0.25, -0.2) is 0 Å². The zero-order valence-corrected chi connectivity index (χ0v) is 18.0. The predicted octanol–water partition coefficient (Wildman–Crippen LogP) is 3.51. The number of hydrogen-bond donors (Lipinski definition) is 2. The number of amides is 2. The number of guanidine groups is 1. The van der Waals surface area contributed by atoms with Gasteiger partial charge in [0.2, 0.25) is 5.91 Å². The van der Waals surface area contributed by atoms with Crippen molar-refractivity contribution in [3.05, 3.63) is 0 Å². The smallest absolute Gasteiger partial charge is 0.254 e. The Labute approximate surface area is 175 Å². The summed E-state index contributed by atoms with van der Waals surface area (Å²) in [5, 5.41) is 11.5. The summed E-state index contributed by atoms with van der Waals surface area (Å²) in [4.78, 5) is 29.5. The number of likely N-dealkylation sites (tertiary alicyclic amines) is 1. The minimum atomic E-state index is -0.639. The van der Waals surface area contributed by atoms with Crippen molar-refractivity contribution < 1.29 is 9.59 Å². The molecule has 2 N–H and O–H groups in total. The number of nitrogens with one attached hydrogen (secondary N) is 2. The number of carbonyl (C=O) groups excluding carboxylic acids is 2. The summed E-state index contributed by atoms with van der Waals surface area (Å²) in [6.45, 7) is 1.62. The highest BCUT2D eigenvalue weighted by molar-refractivity contribution is 6.07. The van der Waals surface area contributed by atoms with E-state index in [2.05, 4.69) is 10.2 Å². The van der Waals surface area contributed by atoms with Crippen LogP contribution in [0.25, 0.3) is 0 Å². The Morgan fingerprint density at radius 3 is 2.41 bits per heavy atom. The van der Waals surface area contributed by atoms with Gasteiger partial charge in [-0.2, -0.15) is 0 Å². The highest BCUT2D eigenvalue weighted by Crippen LogP contribution is 2.37. The minimum absolute atomic E-state index is 0.0545. The average Bonchev–Trinajstić information content (AvgIpc) is 3.46. The van der Waals surface area contributed by atoms with Gasteiger partial charge in [0.05, 0.1) is 0 Å². The summed E-state index contributed by atoms with van der Waals surface area (Å²) in [5.74, 6) is 1.94. The highest BCUT2D eigenvalue weighted by atomic mass is 16.2. The second kappa shape index (κ2) is 8.65. The zero-order chi connectivity index (χ0) is 20.4. The Morgan fingerprint density at radius 1 is 1.07 bits per heavy atom. The van der Waals surface area contributed by atoms with Crippen molar-refractivity contribution >= 4 is 17.8 Å². The summed E-state index contributed by atoms with van der Waals surface area (Å²) in [7, 11) is 1.71. The molecule has 2 aliphatic heterocycles. The van der Waals surface area contributed by atoms with Crippen LogP contribution >= 0.6 is 0 Å². The lowest BCUT2D eigenvalue weighted by Gasteiger charge is -2.32. The lowest BCUT2D eigenvalue weighted by atomic mass is 9.78. The summed E-state index contributed by atoms with van der Waals surface area (Å²) >= 11 is 0. The van der Waals surface area contributed by atoms with E-state index in [-0.39, 0.29) is 17.8 Å². The molecule has 0 aromatic carbocycles. The highest BCUT2D eigenvalue weighted by Gasteiger charge is 2.50. The summed E-state index contributed by atoms with van der Waals surface area (Å²) in [5.41, 5.74) is -0.639. The van der Waals surface area contributed by atoms with Crippen LogP contribution < -0.4 is 5.32 Å². The maximum absolute atomic E-state index is 13.2. The minimum Gasteiger partial charge on any atom is -0.342 e. The fourth-order valence-electron chi connectivity index (χ4n) is 6.25. The van der Waals surface area contributed by atoms with E-state index >= 15 is 0 Å². The van der Waals surface area contributed by atoms with Gasteiger partial charge in [0.25, 0.3) is 5.91 Å². The van der Waals surface area contributed by atoms with Crippen LogP contribution in [0, 0.1) is 23.2 Å². The molecule has 29 heavy (non-hydrogen) atoms. The molecule has 2 saturated carbocycles. The SMILES string of the molecule is CN1C(=N)N[C@@](CCC2CCCCC2)(C[C@H]2CCN(C(=O)C3CCCC3)C2)C1=O. The van der Waals surface area contributed by atoms with Gasteiger partial charge in [-0.05, 0) is 50.4 Å². The Kier molecular flexibility index (Phi) is 6.16. The molecule has 4 rings (SSSR count). The first kappa shape index (κ1) is 20.7. The number of likely N-dealkylation sites (N-methyl/N-ethyl adjacent to an activating group) is 1. The zero-order valence-electron chi connectivity index (χ0n) is 18.0. The molecule has 6 nitrogen and oxygen atoms in total. The van der Waals surface area contributed by atoms with Crippen LogP contribution in [0.15, 0.2) is 0 Å². The van der Waals surface area contributed by atoms with Gasteiger partial charge >= 0.3 is 0 Å². The van der Waals surface area contributed by atoms with Gasteiger partial charge in [0, 0.05) is 26.1 Å². The van der Waals surface area contributed by atoms with Crippen molar-refractivity contribution in [3.63, 3.8) is 0 Å². The van der Waals surface area contributed by atoms with E-state index in [1.807, 2.05) is 0 Å². The molecule has 4 aliphatic rings. The van der Waals surface area contributed by atoms with E-state index in [9.17, 15) is 9.59 Å². The fourth-order valence-corrected chi connectivity index (χ4v) is 6.25. The maximum atomic E-state index is 13.2. The van der Waals surface area contributed by atoms with Crippen LogP contribution in [-0.4, -0.2) is 53.2 Å². The third-order valence-electron chi connectivity index (χ3n) is 8.05. The van der Waals surface area contributed by atoms with E-state index in [1.54, 1.807) is 7.05 Å². The van der Waals surface area contributed by atoms with Gasteiger partial charge < -0.3 is 10.2 Å². The Bertz CT molecular complexity index is 639. The molecule has 0 aromatic rings. The van der Waals surface area contributed by atoms with Crippen LogP contribution in [0.1, 0.15) is 83.5 Å². The fraction of sp³-hybridized carbons (Fsp3) is 0.870. The molecule has 2 aliphatic carbocycles. The van der Waals surface area contributed by atoms with E-state index in [0.29, 0.717) is 11.8 Å². The normalized spacial score (nSPS) is 31.7. The second-order valence-electron chi connectivity index (χ2n) is 10.1. The molecule has 0 radical (unpaired) electrons. The molecule has 0 spiro atoms. The van der Waals surface area contributed by atoms with Crippen LogP contribution in [0.2, 0.25) is 0 Å². The molecule has 2 saturated heterocycles. The van der Waals surface area contributed by atoms with Gasteiger partial charge in [-0.3, -0.25) is 19.9 Å². The molecule has 4 fully saturated rings. The van der Waals surface area contributed by atoms with Gasteiger partial charge in [-0.15, -0.1) is 0 Å². The summed E-state index contributed by atoms with van der Waals surface area (Å²) in [6.07, 6.45) is 14.6. The standard InChI is InChI=1S/C23H38N4O2/c1-26-21(29)23(25-22(26)24,13-11-17-7-3-2-4-8-17)15-18-12-14-27(16-18)20(28)19-9-5-6-10-19/h17-19H,2-16H2,1H3,(H2,24,25)/t18-,23+/m1/s1. The van der Waals surface area contributed by atoms with Crippen molar-refractivity contribution in [2.24, 2.45) is 17.8 Å². The second-order valence-corrected chi connectivity index (χ2v) is 10.1. The summed E-state index contributed by atoms with van der Waals surface area (Å²) < 4.78 is 0. The molecule has 2 atom stereocenters. The number of hydrogen-bond acceptors (Lipinski definition) is 3.